The average molecular weight is 281 g/mol. The van der Waals surface area contributed by atoms with Gasteiger partial charge in [-0.3, -0.25) is 4.79 Å². The van der Waals surface area contributed by atoms with Gasteiger partial charge in [0.25, 0.3) is 5.91 Å². The van der Waals surface area contributed by atoms with Gasteiger partial charge >= 0.3 is 0 Å². The van der Waals surface area contributed by atoms with E-state index < -0.39 is 5.82 Å². The van der Waals surface area contributed by atoms with E-state index in [0.29, 0.717) is 13.1 Å². The molecule has 1 amide bonds. The Hall–Kier alpha value is -1.69. The van der Waals surface area contributed by atoms with Gasteiger partial charge in [0.1, 0.15) is 0 Å². The van der Waals surface area contributed by atoms with E-state index in [1.165, 1.54) is 12.3 Å². The lowest BCUT2D eigenvalue weighted by molar-refractivity contribution is 0.0518. The number of halogens is 1. The van der Waals surface area contributed by atoms with Crippen molar-refractivity contribution in [2.24, 2.45) is 5.92 Å². The molecule has 0 saturated carbocycles. The molecule has 1 aliphatic heterocycles. The van der Waals surface area contributed by atoms with Crippen LogP contribution in [0.25, 0.3) is 0 Å². The van der Waals surface area contributed by atoms with E-state index in [2.05, 4.69) is 10.3 Å². The number of carbonyl (C=O) groups is 1. The van der Waals surface area contributed by atoms with Crippen LogP contribution in [0.3, 0.4) is 0 Å². The third kappa shape index (κ3) is 2.90. The fourth-order valence-corrected chi connectivity index (χ4v) is 2.54. The third-order valence-electron chi connectivity index (χ3n) is 3.87. The summed E-state index contributed by atoms with van der Waals surface area (Å²) in [5.41, 5.74) is 0.0415. The van der Waals surface area contributed by atoms with Crippen LogP contribution in [-0.2, 0) is 0 Å². The lowest BCUT2D eigenvalue weighted by Crippen LogP contribution is -2.41. The summed E-state index contributed by atoms with van der Waals surface area (Å²) >= 11 is 0. The summed E-state index contributed by atoms with van der Waals surface area (Å²) in [4.78, 5) is 17.8. The van der Waals surface area contributed by atoms with Crippen LogP contribution >= 0.6 is 0 Å². The number of amides is 1. The first-order chi connectivity index (χ1) is 9.54. The molecule has 20 heavy (non-hydrogen) atoms. The van der Waals surface area contributed by atoms with Crippen molar-refractivity contribution in [2.75, 3.05) is 25.5 Å². The maximum absolute atomic E-state index is 14.1. The van der Waals surface area contributed by atoms with Crippen LogP contribution < -0.4 is 5.32 Å². The average Bonchev–Trinajstić information content (AvgIpc) is 2.47. The van der Waals surface area contributed by atoms with Crippen LogP contribution in [0.4, 0.5) is 10.2 Å². The summed E-state index contributed by atoms with van der Waals surface area (Å²) in [6, 6.07) is 1.40. The number of pyridine rings is 1. The van der Waals surface area contributed by atoms with Crippen molar-refractivity contribution >= 4 is 11.7 Å². The molecule has 1 aromatic rings. The van der Waals surface area contributed by atoms with Gasteiger partial charge in [0.2, 0.25) is 0 Å². The molecule has 0 aromatic carbocycles. The lowest BCUT2D eigenvalue weighted by Gasteiger charge is -2.33. The Morgan fingerprint density at radius 1 is 1.55 bits per heavy atom. The molecule has 110 valence electrons. The van der Waals surface area contributed by atoms with Crippen LogP contribution in [0.1, 0.15) is 30.1 Å². The summed E-state index contributed by atoms with van der Waals surface area (Å²) in [6.45, 7) is 2.86. The Kier molecular flexibility index (Phi) is 4.54. The molecule has 1 saturated heterocycles. The van der Waals surface area contributed by atoms with E-state index in [9.17, 15) is 14.3 Å². The van der Waals surface area contributed by atoms with Crippen molar-refractivity contribution in [3.8, 4) is 0 Å². The molecule has 5 nitrogen and oxygen atoms in total. The number of nitrogens with zero attached hydrogens (tertiary/aromatic N) is 2. The first-order valence-electron chi connectivity index (χ1n) is 6.84. The summed E-state index contributed by atoms with van der Waals surface area (Å²) in [6.07, 6.45) is 2.55. The number of rotatable bonds is 3. The van der Waals surface area contributed by atoms with Gasteiger partial charge in [0.15, 0.2) is 11.6 Å². The second kappa shape index (κ2) is 6.17. The van der Waals surface area contributed by atoms with E-state index in [1.807, 2.05) is 0 Å². The number of likely N-dealkylation sites (tertiary alicyclic amines) is 1. The highest BCUT2D eigenvalue weighted by Gasteiger charge is 2.27. The molecule has 0 radical (unpaired) electrons. The number of aromatic nitrogens is 1. The molecule has 2 rings (SSSR count). The van der Waals surface area contributed by atoms with Crippen molar-refractivity contribution in [1.29, 1.82) is 0 Å². The monoisotopic (exact) mass is 281 g/mol. The fraction of sp³-hybridized carbons (Fsp3) is 0.571. The second-order valence-electron chi connectivity index (χ2n) is 5.14. The van der Waals surface area contributed by atoms with E-state index in [4.69, 9.17) is 0 Å². The van der Waals surface area contributed by atoms with Gasteiger partial charge in [-0.05, 0) is 31.7 Å². The van der Waals surface area contributed by atoms with Crippen molar-refractivity contribution < 1.29 is 14.3 Å². The first kappa shape index (κ1) is 14.7. The van der Waals surface area contributed by atoms with Crippen LogP contribution in [0.5, 0.6) is 0 Å². The van der Waals surface area contributed by atoms with Crippen LogP contribution in [0.2, 0.25) is 0 Å². The molecule has 1 aromatic heterocycles. The topological polar surface area (TPSA) is 65.5 Å². The zero-order valence-corrected chi connectivity index (χ0v) is 11.8. The summed E-state index contributed by atoms with van der Waals surface area (Å²) in [5, 5.41) is 12.2. The Morgan fingerprint density at radius 2 is 2.20 bits per heavy atom. The number of nitrogens with one attached hydrogen (secondary N) is 1. The van der Waals surface area contributed by atoms with Gasteiger partial charge in [0.05, 0.1) is 11.7 Å². The molecule has 1 unspecified atom stereocenters. The second-order valence-corrected chi connectivity index (χ2v) is 5.14. The molecule has 0 aliphatic carbocycles. The highest BCUT2D eigenvalue weighted by molar-refractivity contribution is 5.95. The molecule has 6 heteroatoms. The number of aliphatic hydroxyl groups excluding tert-OH is 1. The number of carbonyl (C=O) groups excluding carboxylic acids is 1. The zero-order valence-electron chi connectivity index (χ0n) is 11.8. The predicted molar refractivity (Wildman–Crippen MR) is 74.1 cm³/mol. The minimum atomic E-state index is -0.613. The Balaban J connectivity index is 2.09. The van der Waals surface area contributed by atoms with Crippen molar-refractivity contribution in [2.45, 2.75) is 25.9 Å². The highest BCUT2D eigenvalue weighted by atomic mass is 19.1. The zero-order chi connectivity index (χ0) is 14.7. The Labute approximate surface area is 117 Å². The van der Waals surface area contributed by atoms with Crippen molar-refractivity contribution in [3.05, 3.63) is 23.6 Å². The number of hydrogen-bond acceptors (Lipinski definition) is 4. The molecule has 0 spiro atoms. The number of hydrogen-bond donors (Lipinski definition) is 2. The van der Waals surface area contributed by atoms with Gasteiger partial charge in [-0.2, -0.15) is 0 Å². The van der Waals surface area contributed by atoms with Gasteiger partial charge in [-0.1, -0.05) is 0 Å². The van der Waals surface area contributed by atoms with Crippen LogP contribution in [0.15, 0.2) is 12.3 Å². The van der Waals surface area contributed by atoms with E-state index in [1.54, 1.807) is 18.9 Å². The molecule has 1 fully saturated rings. The van der Waals surface area contributed by atoms with Crippen molar-refractivity contribution in [1.82, 2.24) is 9.88 Å². The summed E-state index contributed by atoms with van der Waals surface area (Å²) in [7, 11) is 1.56. The SMILES string of the molecule is CNc1nccc(C(=O)N2CCC(C(C)O)CC2)c1F. The maximum atomic E-state index is 14.1. The van der Waals surface area contributed by atoms with E-state index >= 15 is 0 Å². The lowest BCUT2D eigenvalue weighted by atomic mass is 9.92. The van der Waals surface area contributed by atoms with E-state index in [0.717, 1.165) is 12.8 Å². The summed E-state index contributed by atoms with van der Waals surface area (Å²) < 4.78 is 14.1. The van der Waals surface area contributed by atoms with Gasteiger partial charge in [-0.25, -0.2) is 9.37 Å². The minimum Gasteiger partial charge on any atom is -0.393 e. The van der Waals surface area contributed by atoms with Crippen LogP contribution in [-0.4, -0.2) is 47.1 Å². The Morgan fingerprint density at radius 3 is 2.75 bits per heavy atom. The van der Waals surface area contributed by atoms with Gasteiger partial charge in [-0.15, -0.1) is 0 Å². The quantitative estimate of drug-likeness (QED) is 0.881. The van der Waals surface area contributed by atoms with Gasteiger partial charge < -0.3 is 15.3 Å². The summed E-state index contributed by atoms with van der Waals surface area (Å²) in [5.74, 6) is -0.632. The number of anilines is 1. The third-order valence-corrected chi connectivity index (χ3v) is 3.87. The maximum Gasteiger partial charge on any atom is 0.257 e. The smallest absolute Gasteiger partial charge is 0.257 e. The molecular weight excluding hydrogens is 261 g/mol. The number of aliphatic hydroxyl groups is 1. The molecule has 2 N–H and O–H groups in total. The van der Waals surface area contributed by atoms with E-state index in [-0.39, 0.29) is 29.3 Å². The number of piperidine rings is 1. The van der Waals surface area contributed by atoms with Crippen molar-refractivity contribution in [3.63, 3.8) is 0 Å². The standard InChI is InChI=1S/C14H20FN3O2/c1-9(19)10-4-7-18(8-5-10)14(20)11-3-6-17-13(16-2)12(11)15/h3,6,9-10,19H,4-5,7-8H2,1-2H3,(H,16,17). The molecule has 2 heterocycles. The fourth-order valence-electron chi connectivity index (χ4n) is 2.54. The van der Waals surface area contributed by atoms with Gasteiger partial charge in [0, 0.05) is 26.3 Å². The normalized spacial score (nSPS) is 17.9. The first-order valence-corrected chi connectivity index (χ1v) is 6.84. The predicted octanol–water partition coefficient (Wildman–Crippen LogP) is 1.50. The molecular formula is C14H20FN3O2. The largest absolute Gasteiger partial charge is 0.393 e. The van der Waals surface area contributed by atoms with Crippen LogP contribution in [0, 0.1) is 11.7 Å². The Bertz CT molecular complexity index is 485. The molecule has 0 bridgehead atoms. The molecule has 1 atom stereocenters. The minimum absolute atomic E-state index is 0.0415. The highest BCUT2D eigenvalue weighted by Crippen LogP contribution is 2.23. The molecule has 1 aliphatic rings.